The van der Waals surface area contributed by atoms with E-state index in [9.17, 15) is 14.7 Å². The van der Waals surface area contributed by atoms with Crippen LogP contribution < -0.4 is 0 Å². The number of hydrogen-bond donors (Lipinski definition) is 1. The zero-order valence-electron chi connectivity index (χ0n) is 13.8. The second-order valence-electron chi connectivity index (χ2n) is 6.77. The van der Waals surface area contributed by atoms with E-state index in [1.165, 1.54) is 17.4 Å². The van der Waals surface area contributed by atoms with Crippen LogP contribution in [-0.2, 0) is 16.1 Å². The van der Waals surface area contributed by atoms with Gasteiger partial charge in [-0.3, -0.25) is 9.59 Å². The van der Waals surface area contributed by atoms with Gasteiger partial charge in [-0.1, -0.05) is 20.8 Å². The average molecular weight is 329 g/mol. The molecule has 0 radical (unpaired) electrons. The molecule has 1 amide bonds. The Bertz CT molecular complexity index is 778. The highest BCUT2D eigenvalue weighted by Crippen LogP contribution is 2.41. The number of hydrogen-bond acceptors (Lipinski definition) is 5. The third-order valence-electron chi connectivity index (χ3n) is 3.95. The summed E-state index contributed by atoms with van der Waals surface area (Å²) in [6.07, 6.45) is 2.98. The van der Waals surface area contributed by atoms with E-state index < -0.39 is 23.1 Å². The zero-order chi connectivity index (χ0) is 17.5. The molecule has 0 bridgehead atoms. The minimum atomic E-state index is -0.774. The highest BCUT2D eigenvalue weighted by Gasteiger charge is 2.47. The SMILES string of the molecule is CC(C)(C)C(=O)C1=C(O)C(=O)N(Cc2ccco2)C1c1ccco1. The molecule has 0 saturated carbocycles. The first kappa shape index (κ1) is 16.1. The lowest BCUT2D eigenvalue weighted by Gasteiger charge is -2.26. The van der Waals surface area contributed by atoms with Crippen LogP contribution in [0.4, 0.5) is 0 Å². The largest absolute Gasteiger partial charge is 0.503 e. The third-order valence-corrected chi connectivity index (χ3v) is 3.95. The Hall–Kier alpha value is -2.76. The number of ketones is 1. The molecule has 1 aliphatic heterocycles. The van der Waals surface area contributed by atoms with E-state index in [2.05, 4.69) is 0 Å². The summed E-state index contributed by atoms with van der Waals surface area (Å²) in [6.45, 7) is 5.36. The van der Waals surface area contributed by atoms with Gasteiger partial charge in [0.05, 0.1) is 24.6 Å². The van der Waals surface area contributed by atoms with Gasteiger partial charge in [0.1, 0.15) is 17.6 Å². The first-order chi connectivity index (χ1) is 11.3. The predicted octanol–water partition coefficient (Wildman–Crippen LogP) is 3.38. The molecule has 2 aromatic heterocycles. The molecule has 6 heteroatoms. The maximum absolute atomic E-state index is 12.8. The van der Waals surface area contributed by atoms with E-state index in [1.807, 2.05) is 0 Å². The molecule has 3 rings (SSSR count). The number of aliphatic hydroxyl groups excluding tert-OH is 1. The first-order valence-electron chi connectivity index (χ1n) is 7.65. The fourth-order valence-corrected chi connectivity index (χ4v) is 2.77. The number of carbonyl (C=O) groups excluding carboxylic acids is 2. The molecule has 6 nitrogen and oxygen atoms in total. The summed E-state index contributed by atoms with van der Waals surface area (Å²) in [5.74, 6) is -0.455. The van der Waals surface area contributed by atoms with Crippen LogP contribution >= 0.6 is 0 Å². The van der Waals surface area contributed by atoms with Gasteiger partial charge in [-0.2, -0.15) is 0 Å². The molecule has 0 aromatic carbocycles. The van der Waals surface area contributed by atoms with Crippen LogP contribution in [-0.4, -0.2) is 21.7 Å². The number of furan rings is 2. The summed E-state index contributed by atoms with van der Waals surface area (Å²) in [7, 11) is 0. The number of carbonyl (C=O) groups is 2. The van der Waals surface area contributed by atoms with Crippen molar-refractivity contribution in [3.05, 3.63) is 59.6 Å². The molecule has 2 aromatic rings. The smallest absolute Gasteiger partial charge is 0.290 e. The van der Waals surface area contributed by atoms with Gasteiger partial charge in [-0.25, -0.2) is 0 Å². The number of rotatable bonds is 4. The second kappa shape index (κ2) is 5.70. The Morgan fingerprint density at radius 2 is 1.88 bits per heavy atom. The van der Waals surface area contributed by atoms with Crippen LogP contribution in [0.5, 0.6) is 0 Å². The number of amides is 1. The highest BCUT2D eigenvalue weighted by molar-refractivity contribution is 6.10. The number of aliphatic hydroxyl groups is 1. The Morgan fingerprint density at radius 1 is 1.21 bits per heavy atom. The molecule has 1 aliphatic rings. The van der Waals surface area contributed by atoms with Crippen LogP contribution in [0.3, 0.4) is 0 Å². The molecule has 0 spiro atoms. The van der Waals surface area contributed by atoms with Gasteiger partial charge in [-0.05, 0) is 24.3 Å². The summed E-state index contributed by atoms with van der Waals surface area (Å²) in [5, 5.41) is 10.4. The molecule has 1 unspecified atom stereocenters. The Labute approximate surface area is 139 Å². The van der Waals surface area contributed by atoms with Crippen molar-refractivity contribution in [2.24, 2.45) is 5.41 Å². The Morgan fingerprint density at radius 3 is 2.42 bits per heavy atom. The van der Waals surface area contributed by atoms with Crippen LogP contribution in [0.1, 0.15) is 38.3 Å². The Balaban J connectivity index is 2.06. The number of Topliss-reactive ketones (excluding diaryl/α,β-unsaturated/α-hetero) is 1. The average Bonchev–Trinajstić information content (AvgIpc) is 3.23. The van der Waals surface area contributed by atoms with Gasteiger partial charge < -0.3 is 18.8 Å². The van der Waals surface area contributed by atoms with Crippen LogP contribution in [0, 0.1) is 5.41 Å². The summed E-state index contributed by atoms with van der Waals surface area (Å²) >= 11 is 0. The topological polar surface area (TPSA) is 83.9 Å². The van der Waals surface area contributed by atoms with Crippen LogP contribution in [0.15, 0.2) is 57.0 Å². The van der Waals surface area contributed by atoms with Gasteiger partial charge in [0, 0.05) is 5.41 Å². The van der Waals surface area contributed by atoms with Gasteiger partial charge in [-0.15, -0.1) is 0 Å². The molecular weight excluding hydrogens is 310 g/mol. The highest BCUT2D eigenvalue weighted by atomic mass is 16.3. The van der Waals surface area contributed by atoms with Crippen molar-refractivity contribution in [2.45, 2.75) is 33.4 Å². The summed E-state index contributed by atoms with van der Waals surface area (Å²) in [5.41, 5.74) is -0.677. The van der Waals surface area contributed by atoms with Crippen molar-refractivity contribution in [3.63, 3.8) is 0 Å². The van der Waals surface area contributed by atoms with Crippen molar-refractivity contribution < 1.29 is 23.5 Å². The molecule has 1 N–H and O–H groups in total. The molecule has 0 aliphatic carbocycles. The molecule has 24 heavy (non-hydrogen) atoms. The second-order valence-corrected chi connectivity index (χ2v) is 6.77. The summed E-state index contributed by atoms with van der Waals surface area (Å²) < 4.78 is 10.7. The lowest BCUT2D eigenvalue weighted by Crippen LogP contribution is -2.32. The Kier molecular flexibility index (Phi) is 3.83. The fourth-order valence-electron chi connectivity index (χ4n) is 2.77. The van der Waals surface area contributed by atoms with Crippen molar-refractivity contribution in [1.82, 2.24) is 4.90 Å². The lowest BCUT2D eigenvalue weighted by molar-refractivity contribution is -0.130. The van der Waals surface area contributed by atoms with Crippen molar-refractivity contribution >= 4 is 11.7 Å². The molecule has 0 saturated heterocycles. The summed E-state index contributed by atoms with van der Waals surface area (Å²) in [6, 6.07) is 6.03. The standard InChI is InChI=1S/C18H19NO5/c1-18(2,3)16(21)13-14(12-7-5-9-24-12)19(17(22)15(13)20)10-11-6-4-8-23-11/h4-9,14,20H,10H2,1-3H3. The maximum atomic E-state index is 12.8. The fraction of sp³-hybridized carbons (Fsp3) is 0.333. The van der Waals surface area contributed by atoms with Gasteiger partial charge in [0.2, 0.25) is 0 Å². The van der Waals surface area contributed by atoms with Gasteiger partial charge in [0.25, 0.3) is 5.91 Å². The van der Waals surface area contributed by atoms with Crippen molar-refractivity contribution in [1.29, 1.82) is 0 Å². The monoisotopic (exact) mass is 329 g/mol. The molecule has 126 valence electrons. The molecule has 0 fully saturated rings. The lowest BCUT2D eigenvalue weighted by atomic mass is 9.83. The van der Waals surface area contributed by atoms with E-state index in [-0.39, 0.29) is 17.9 Å². The van der Waals surface area contributed by atoms with Crippen LogP contribution in [0.25, 0.3) is 0 Å². The first-order valence-corrected chi connectivity index (χ1v) is 7.65. The predicted molar refractivity (Wildman–Crippen MR) is 84.8 cm³/mol. The van der Waals surface area contributed by atoms with Crippen LogP contribution in [0.2, 0.25) is 0 Å². The normalized spacial score (nSPS) is 18.5. The molecule has 3 heterocycles. The quantitative estimate of drug-likeness (QED) is 0.929. The van der Waals surface area contributed by atoms with Gasteiger partial charge in [0.15, 0.2) is 11.5 Å². The van der Waals surface area contributed by atoms with E-state index in [4.69, 9.17) is 8.83 Å². The van der Waals surface area contributed by atoms with E-state index >= 15 is 0 Å². The minimum absolute atomic E-state index is 0.0639. The van der Waals surface area contributed by atoms with Crippen molar-refractivity contribution in [2.75, 3.05) is 0 Å². The number of nitrogens with zero attached hydrogens (tertiary/aromatic N) is 1. The third kappa shape index (κ3) is 2.64. The van der Waals surface area contributed by atoms with E-state index in [0.717, 1.165) is 0 Å². The van der Waals surface area contributed by atoms with E-state index in [0.29, 0.717) is 11.5 Å². The maximum Gasteiger partial charge on any atom is 0.290 e. The zero-order valence-corrected chi connectivity index (χ0v) is 13.8. The van der Waals surface area contributed by atoms with Crippen molar-refractivity contribution in [3.8, 4) is 0 Å². The van der Waals surface area contributed by atoms with Gasteiger partial charge >= 0.3 is 0 Å². The molecule has 1 atom stereocenters. The minimum Gasteiger partial charge on any atom is -0.503 e. The molecular formula is C18H19NO5. The summed E-state index contributed by atoms with van der Waals surface area (Å²) in [4.78, 5) is 26.8. The van der Waals surface area contributed by atoms with E-state index in [1.54, 1.807) is 45.0 Å².